The zero-order valence-corrected chi connectivity index (χ0v) is 12.2. The summed E-state index contributed by atoms with van der Waals surface area (Å²) in [6.07, 6.45) is 1.53. The molecule has 5 nitrogen and oxygen atoms in total. The molecule has 0 saturated carbocycles. The summed E-state index contributed by atoms with van der Waals surface area (Å²) in [7, 11) is 0. The van der Waals surface area contributed by atoms with Gasteiger partial charge in [0.1, 0.15) is 0 Å². The van der Waals surface area contributed by atoms with Gasteiger partial charge in [-0.1, -0.05) is 13.8 Å². The number of hydrogen-bond acceptors (Lipinski definition) is 4. The van der Waals surface area contributed by atoms with Gasteiger partial charge in [0, 0.05) is 30.2 Å². The number of carbonyl (C=O) groups is 1. The molecule has 0 fully saturated rings. The number of likely N-dealkylation sites (N-methyl/N-ethyl adjacent to an activating group) is 1. The van der Waals surface area contributed by atoms with Crippen molar-refractivity contribution in [2.45, 2.75) is 33.7 Å². The Bertz CT molecular complexity index is 429. The van der Waals surface area contributed by atoms with Crippen LogP contribution in [0.4, 0.5) is 5.69 Å². The first-order valence-corrected chi connectivity index (χ1v) is 6.73. The van der Waals surface area contributed by atoms with Crippen LogP contribution in [-0.2, 0) is 0 Å². The molecule has 1 amide bonds. The van der Waals surface area contributed by atoms with Crippen LogP contribution in [-0.4, -0.2) is 41.5 Å². The maximum atomic E-state index is 12.1. The Morgan fingerprint density at radius 1 is 1.47 bits per heavy atom. The SMILES string of the molecule is CCN(CC)CC(C)NC(=O)c1cnc(C)cc1N. The van der Waals surface area contributed by atoms with Crippen LogP contribution in [0.15, 0.2) is 12.3 Å². The van der Waals surface area contributed by atoms with E-state index in [9.17, 15) is 4.79 Å². The van der Waals surface area contributed by atoms with Crippen molar-refractivity contribution in [1.82, 2.24) is 15.2 Å². The number of amides is 1. The lowest BCUT2D eigenvalue weighted by Crippen LogP contribution is -2.42. The van der Waals surface area contributed by atoms with Gasteiger partial charge < -0.3 is 16.0 Å². The number of nitrogens with two attached hydrogens (primary N) is 1. The lowest BCUT2D eigenvalue weighted by molar-refractivity contribution is 0.0931. The number of nitrogen functional groups attached to an aromatic ring is 1. The van der Waals surface area contributed by atoms with Gasteiger partial charge in [-0.2, -0.15) is 0 Å². The Hall–Kier alpha value is -1.62. The average molecular weight is 264 g/mol. The van der Waals surface area contributed by atoms with Crippen molar-refractivity contribution in [1.29, 1.82) is 0 Å². The second-order valence-electron chi connectivity index (χ2n) is 4.77. The third-order valence-electron chi connectivity index (χ3n) is 3.12. The molecule has 0 radical (unpaired) electrons. The topological polar surface area (TPSA) is 71.2 Å². The fourth-order valence-corrected chi connectivity index (χ4v) is 1.99. The molecule has 0 aliphatic rings. The number of aromatic nitrogens is 1. The van der Waals surface area contributed by atoms with Crippen molar-refractivity contribution < 1.29 is 4.79 Å². The van der Waals surface area contributed by atoms with E-state index >= 15 is 0 Å². The van der Waals surface area contributed by atoms with Crippen molar-refractivity contribution in [3.05, 3.63) is 23.5 Å². The number of anilines is 1. The van der Waals surface area contributed by atoms with E-state index < -0.39 is 0 Å². The molecule has 1 rings (SSSR count). The molecule has 0 aliphatic heterocycles. The van der Waals surface area contributed by atoms with E-state index in [4.69, 9.17) is 5.73 Å². The molecule has 0 spiro atoms. The normalized spacial score (nSPS) is 12.5. The number of hydrogen-bond donors (Lipinski definition) is 2. The lowest BCUT2D eigenvalue weighted by Gasteiger charge is -2.23. The molecule has 1 unspecified atom stereocenters. The van der Waals surface area contributed by atoms with Gasteiger partial charge in [0.2, 0.25) is 0 Å². The molecule has 3 N–H and O–H groups in total. The van der Waals surface area contributed by atoms with Crippen molar-refractivity contribution in [3.8, 4) is 0 Å². The van der Waals surface area contributed by atoms with E-state index in [1.807, 2.05) is 13.8 Å². The first-order valence-electron chi connectivity index (χ1n) is 6.73. The monoisotopic (exact) mass is 264 g/mol. The molecule has 0 saturated heterocycles. The van der Waals surface area contributed by atoms with Crippen LogP contribution in [0.1, 0.15) is 36.8 Å². The first-order chi connectivity index (χ1) is 8.97. The van der Waals surface area contributed by atoms with Gasteiger partial charge in [0.05, 0.1) is 5.56 Å². The van der Waals surface area contributed by atoms with Gasteiger partial charge in [0.25, 0.3) is 5.91 Å². The van der Waals surface area contributed by atoms with Crippen LogP contribution < -0.4 is 11.1 Å². The van der Waals surface area contributed by atoms with E-state index in [2.05, 4.69) is 29.0 Å². The maximum Gasteiger partial charge on any atom is 0.255 e. The highest BCUT2D eigenvalue weighted by molar-refractivity contribution is 5.98. The predicted molar refractivity (Wildman–Crippen MR) is 78.1 cm³/mol. The lowest BCUT2D eigenvalue weighted by atomic mass is 10.2. The molecule has 106 valence electrons. The van der Waals surface area contributed by atoms with Crippen molar-refractivity contribution >= 4 is 11.6 Å². The highest BCUT2D eigenvalue weighted by Gasteiger charge is 2.14. The maximum absolute atomic E-state index is 12.1. The molecule has 1 aromatic rings. The second kappa shape index (κ2) is 7.09. The Morgan fingerprint density at radius 2 is 2.11 bits per heavy atom. The molecule has 0 bridgehead atoms. The Morgan fingerprint density at radius 3 is 2.63 bits per heavy atom. The summed E-state index contributed by atoms with van der Waals surface area (Å²) in [5.41, 5.74) is 7.56. The number of rotatable bonds is 6. The van der Waals surface area contributed by atoms with E-state index in [-0.39, 0.29) is 11.9 Å². The minimum Gasteiger partial charge on any atom is -0.398 e. The summed E-state index contributed by atoms with van der Waals surface area (Å²) < 4.78 is 0. The summed E-state index contributed by atoms with van der Waals surface area (Å²) >= 11 is 0. The fraction of sp³-hybridized carbons (Fsp3) is 0.571. The predicted octanol–water partition coefficient (Wildman–Crippen LogP) is 1.43. The summed E-state index contributed by atoms with van der Waals surface area (Å²) in [4.78, 5) is 18.5. The number of aryl methyl sites for hydroxylation is 1. The van der Waals surface area contributed by atoms with E-state index in [0.717, 1.165) is 25.3 Å². The molecule has 5 heteroatoms. The van der Waals surface area contributed by atoms with Crippen LogP contribution in [0, 0.1) is 6.92 Å². The minimum atomic E-state index is -0.162. The molecule has 1 aromatic heterocycles. The van der Waals surface area contributed by atoms with Gasteiger partial charge in [-0.25, -0.2) is 0 Å². The molecule has 1 heterocycles. The first kappa shape index (κ1) is 15.4. The Labute approximate surface area is 115 Å². The van der Waals surface area contributed by atoms with Gasteiger partial charge in [-0.15, -0.1) is 0 Å². The molecule has 0 aliphatic carbocycles. The molecular weight excluding hydrogens is 240 g/mol. The van der Waals surface area contributed by atoms with Gasteiger partial charge >= 0.3 is 0 Å². The average Bonchev–Trinajstić information content (AvgIpc) is 2.35. The zero-order chi connectivity index (χ0) is 14.4. The highest BCUT2D eigenvalue weighted by Crippen LogP contribution is 2.11. The van der Waals surface area contributed by atoms with Gasteiger partial charge in [-0.05, 0) is 33.0 Å². The van der Waals surface area contributed by atoms with Crippen molar-refractivity contribution in [3.63, 3.8) is 0 Å². The van der Waals surface area contributed by atoms with Crippen molar-refractivity contribution in [2.75, 3.05) is 25.4 Å². The van der Waals surface area contributed by atoms with Crippen LogP contribution in [0.5, 0.6) is 0 Å². The quantitative estimate of drug-likeness (QED) is 0.815. The van der Waals surface area contributed by atoms with Crippen LogP contribution in [0.3, 0.4) is 0 Å². The van der Waals surface area contributed by atoms with E-state index in [1.165, 1.54) is 6.20 Å². The smallest absolute Gasteiger partial charge is 0.255 e. The number of carbonyl (C=O) groups excluding carboxylic acids is 1. The number of pyridine rings is 1. The number of nitrogens with zero attached hydrogens (tertiary/aromatic N) is 2. The standard InChI is InChI=1S/C14H24N4O/c1-5-18(6-2)9-11(4)17-14(19)12-8-16-10(3)7-13(12)15/h7-8,11H,5-6,9H2,1-4H3,(H2,15,16)(H,17,19). The second-order valence-corrected chi connectivity index (χ2v) is 4.77. The summed E-state index contributed by atoms with van der Waals surface area (Å²) in [5.74, 6) is -0.162. The summed E-state index contributed by atoms with van der Waals surface area (Å²) in [5, 5.41) is 2.95. The van der Waals surface area contributed by atoms with Gasteiger partial charge in [0.15, 0.2) is 0 Å². The highest BCUT2D eigenvalue weighted by atomic mass is 16.1. The number of nitrogens with one attached hydrogen (secondary N) is 1. The van der Waals surface area contributed by atoms with Crippen LogP contribution >= 0.6 is 0 Å². The molecule has 19 heavy (non-hydrogen) atoms. The van der Waals surface area contributed by atoms with E-state index in [1.54, 1.807) is 6.07 Å². The molecule has 1 atom stereocenters. The van der Waals surface area contributed by atoms with Gasteiger partial charge in [-0.3, -0.25) is 9.78 Å². The fourth-order valence-electron chi connectivity index (χ4n) is 1.99. The summed E-state index contributed by atoms with van der Waals surface area (Å²) in [6, 6.07) is 1.79. The van der Waals surface area contributed by atoms with E-state index in [0.29, 0.717) is 11.3 Å². The van der Waals surface area contributed by atoms with Crippen LogP contribution in [0.25, 0.3) is 0 Å². The minimum absolute atomic E-state index is 0.0769. The summed E-state index contributed by atoms with van der Waals surface area (Å²) in [6.45, 7) is 10.8. The van der Waals surface area contributed by atoms with Crippen LogP contribution in [0.2, 0.25) is 0 Å². The molecular formula is C14H24N4O. The third kappa shape index (κ3) is 4.52. The third-order valence-corrected chi connectivity index (χ3v) is 3.12. The zero-order valence-electron chi connectivity index (χ0n) is 12.2. The molecule has 0 aromatic carbocycles. The van der Waals surface area contributed by atoms with Crippen molar-refractivity contribution in [2.24, 2.45) is 0 Å². The largest absolute Gasteiger partial charge is 0.398 e. The Kier molecular flexibility index (Phi) is 5.76. The Balaban J connectivity index is 2.63.